The Kier molecular flexibility index (Phi) is 5.78. The third-order valence-electron chi connectivity index (χ3n) is 5.75. The highest BCUT2D eigenvalue weighted by atomic mass is 19.4. The van der Waals surface area contributed by atoms with Gasteiger partial charge in [-0.2, -0.15) is 26.3 Å². The lowest BCUT2D eigenvalue weighted by molar-refractivity contribution is -0.141. The summed E-state index contributed by atoms with van der Waals surface area (Å²) in [5.41, 5.74) is 1.34. The number of amides is 2. The maximum absolute atomic E-state index is 13.3. The molecule has 1 aromatic heterocycles. The molecule has 1 fully saturated rings. The fourth-order valence-corrected chi connectivity index (χ4v) is 4.08. The third kappa shape index (κ3) is 4.44. The van der Waals surface area contributed by atoms with Gasteiger partial charge in [0.05, 0.1) is 5.56 Å². The van der Waals surface area contributed by atoms with E-state index in [4.69, 9.17) is 0 Å². The highest BCUT2D eigenvalue weighted by Gasteiger charge is 2.39. The van der Waals surface area contributed by atoms with E-state index in [0.29, 0.717) is 30.7 Å². The Morgan fingerprint density at radius 2 is 1.85 bits per heavy atom. The summed E-state index contributed by atoms with van der Waals surface area (Å²) in [6, 6.07) is 4.06. The van der Waals surface area contributed by atoms with Crippen LogP contribution in [-0.2, 0) is 21.9 Å². The Bertz CT molecular complexity index is 1170. The van der Waals surface area contributed by atoms with Crippen LogP contribution in [0.1, 0.15) is 31.0 Å². The number of hydrogen-bond acceptors (Lipinski definition) is 4. The number of pyridine rings is 1. The van der Waals surface area contributed by atoms with Gasteiger partial charge in [-0.25, -0.2) is 0 Å². The average Bonchev–Trinajstić information content (AvgIpc) is 3.21. The smallest absolute Gasteiger partial charge is 0.325 e. The van der Waals surface area contributed by atoms with Crippen LogP contribution >= 0.6 is 0 Å². The first-order valence-electron chi connectivity index (χ1n) is 10.2. The molecule has 2 aliphatic heterocycles. The van der Waals surface area contributed by atoms with Crippen molar-refractivity contribution in [2.24, 2.45) is 5.92 Å². The second-order valence-electron chi connectivity index (χ2n) is 7.97. The molecule has 0 radical (unpaired) electrons. The number of nitrogens with one attached hydrogen (secondary N) is 2. The van der Waals surface area contributed by atoms with Crippen LogP contribution in [0.2, 0.25) is 0 Å². The molecule has 1 atom stereocenters. The number of rotatable bonds is 3. The van der Waals surface area contributed by atoms with Gasteiger partial charge in [-0.05, 0) is 49.6 Å². The molecular weight excluding hydrogens is 466 g/mol. The first kappa shape index (κ1) is 23.6. The molecule has 1 aromatic carbocycles. The molecule has 180 valence electrons. The van der Waals surface area contributed by atoms with E-state index >= 15 is 0 Å². The molecule has 34 heavy (non-hydrogen) atoms. The normalized spacial score (nSPS) is 18.6. The van der Waals surface area contributed by atoms with Crippen LogP contribution in [0, 0.1) is 5.92 Å². The molecule has 4 rings (SSSR count). The second kappa shape index (κ2) is 8.33. The second-order valence-corrected chi connectivity index (χ2v) is 7.97. The van der Waals surface area contributed by atoms with Crippen molar-refractivity contribution in [2.75, 3.05) is 11.9 Å². The van der Waals surface area contributed by atoms with Gasteiger partial charge in [0.1, 0.15) is 11.6 Å². The molecule has 0 aliphatic carbocycles. The number of nitrogens with zero attached hydrogens (tertiary/aromatic N) is 2. The van der Waals surface area contributed by atoms with Crippen LogP contribution in [0.4, 0.5) is 32.0 Å². The van der Waals surface area contributed by atoms with Gasteiger partial charge in [-0.3, -0.25) is 25.0 Å². The fraction of sp³-hybridized carbons (Fsp3) is 0.318. The Morgan fingerprint density at radius 3 is 2.47 bits per heavy atom. The highest BCUT2D eigenvalue weighted by Crippen LogP contribution is 2.38. The van der Waals surface area contributed by atoms with Crippen molar-refractivity contribution in [3.8, 4) is 11.1 Å². The number of fused-ring (bicyclic) bond motifs is 1. The number of aromatic nitrogens is 1. The van der Waals surface area contributed by atoms with E-state index in [2.05, 4.69) is 15.7 Å². The number of carbonyl (C=O) groups is 2. The number of halogens is 6. The molecule has 1 saturated heterocycles. The minimum Gasteiger partial charge on any atom is -0.325 e. The standard InChI is InChI=1S/C22H18F6N4O2/c1-11-16-3-2-8-32(16)31-20(34)18(11)19(33)30-15-6-5-13(21(23,24)25)9-14(15)12-4-7-17(29-10-12)22(26,27)28/h4-7,9-10,18H,2-3,8H2,1H3,(H,30,33)(H,31,34). The van der Waals surface area contributed by atoms with Gasteiger partial charge >= 0.3 is 12.4 Å². The van der Waals surface area contributed by atoms with Crippen LogP contribution < -0.4 is 10.7 Å². The van der Waals surface area contributed by atoms with Crippen molar-refractivity contribution in [3.05, 3.63) is 59.1 Å². The number of alkyl halides is 6. The molecule has 2 N–H and O–H groups in total. The summed E-state index contributed by atoms with van der Waals surface area (Å²) >= 11 is 0. The number of hydrogen-bond donors (Lipinski definition) is 2. The Morgan fingerprint density at radius 1 is 1.12 bits per heavy atom. The van der Waals surface area contributed by atoms with Crippen molar-refractivity contribution in [1.82, 2.24) is 15.4 Å². The van der Waals surface area contributed by atoms with E-state index in [0.717, 1.165) is 36.5 Å². The molecule has 12 heteroatoms. The van der Waals surface area contributed by atoms with Gasteiger partial charge in [0.25, 0.3) is 5.91 Å². The molecule has 1 unspecified atom stereocenters. The zero-order valence-electron chi connectivity index (χ0n) is 17.6. The van der Waals surface area contributed by atoms with Crippen LogP contribution in [0.5, 0.6) is 0 Å². The Labute approximate surface area is 189 Å². The van der Waals surface area contributed by atoms with Crippen LogP contribution in [0.3, 0.4) is 0 Å². The lowest BCUT2D eigenvalue weighted by Crippen LogP contribution is -2.50. The lowest BCUT2D eigenvalue weighted by atomic mass is 9.93. The maximum atomic E-state index is 13.3. The number of carbonyl (C=O) groups excluding carboxylic acids is 2. The van der Waals surface area contributed by atoms with E-state index in [9.17, 15) is 35.9 Å². The predicted molar refractivity (Wildman–Crippen MR) is 109 cm³/mol. The molecule has 2 amide bonds. The number of benzene rings is 1. The largest absolute Gasteiger partial charge is 0.433 e. The minimum atomic E-state index is -4.73. The van der Waals surface area contributed by atoms with Gasteiger partial charge in [-0.15, -0.1) is 0 Å². The quantitative estimate of drug-likeness (QED) is 0.487. The van der Waals surface area contributed by atoms with Gasteiger partial charge in [0.2, 0.25) is 5.91 Å². The maximum Gasteiger partial charge on any atom is 0.433 e. The summed E-state index contributed by atoms with van der Waals surface area (Å²) in [6.07, 6.45) is -7.21. The summed E-state index contributed by atoms with van der Waals surface area (Å²) in [4.78, 5) is 28.8. The van der Waals surface area contributed by atoms with Crippen molar-refractivity contribution < 1.29 is 35.9 Å². The summed E-state index contributed by atoms with van der Waals surface area (Å²) in [6.45, 7) is 2.25. The summed E-state index contributed by atoms with van der Waals surface area (Å²) in [5.74, 6) is -2.55. The van der Waals surface area contributed by atoms with E-state index in [-0.39, 0.29) is 16.8 Å². The van der Waals surface area contributed by atoms with E-state index in [1.807, 2.05) is 0 Å². The average molecular weight is 484 g/mol. The molecular formula is C22H18F6N4O2. The Balaban J connectivity index is 1.71. The summed E-state index contributed by atoms with van der Waals surface area (Å²) in [5, 5.41) is 4.14. The molecule has 0 bridgehead atoms. The number of anilines is 1. The van der Waals surface area contributed by atoms with Gasteiger partial charge < -0.3 is 5.32 Å². The SMILES string of the molecule is CC1=C2CCCN2NC(=O)C1C(=O)Nc1ccc(C(F)(F)F)cc1-c1ccc(C(F)(F)F)nc1. The molecule has 0 spiro atoms. The highest BCUT2D eigenvalue weighted by molar-refractivity contribution is 6.10. The van der Waals surface area contributed by atoms with Crippen molar-refractivity contribution in [1.29, 1.82) is 0 Å². The van der Waals surface area contributed by atoms with E-state index < -0.39 is 41.3 Å². The predicted octanol–water partition coefficient (Wildman–Crippen LogP) is 4.76. The number of allylic oxidation sites excluding steroid dienone is 1. The molecule has 2 aromatic rings. The third-order valence-corrected chi connectivity index (χ3v) is 5.75. The van der Waals surface area contributed by atoms with Crippen molar-refractivity contribution in [2.45, 2.75) is 32.1 Å². The monoisotopic (exact) mass is 484 g/mol. The van der Waals surface area contributed by atoms with E-state index in [1.165, 1.54) is 0 Å². The van der Waals surface area contributed by atoms with Crippen molar-refractivity contribution in [3.63, 3.8) is 0 Å². The topological polar surface area (TPSA) is 74.3 Å². The van der Waals surface area contributed by atoms with Crippen molar-refractivity contribution >= 4 is 17.5 Å². The summed E-state index contributed by atoms with van der Waals surface area (Å²) in [7, 11) is 0. The van der Waals surface area contributed by atoms with E-state index in [1.54, 1.807) is 11.9 Å². The fourth-order valence-electron chi connectivity index (χ4n) is 4.08. The van der Waals surface area contributed by atoms with Crippen LogP contribution in [0.25, 0.3) is 11.1 Å². The molecule has 6 nitrogen and oxygen atoms in total. The zero-order chi connectivity index (χ0) is 24.8. The minimum absolute atomic E-state index is 0.0699. The Hall–Kier alpha value is -3.57. The lowest BCUT2D eigenvalue weighted by Gasteiger charge is -2.32. The van der Waals surface area contributed by atoms with Crippen LogP contribution in [-0.4, -0.2) is 28.4 Å². The summed E-state index contributed by atoms with van der Waals surface area (Å²) < 4.78 is 78.5. The van der Waals surface area contributed by atoms with Crippen LogP contribution in [0.15, 0.2) is 47.8 Å². The first-order valence-corrected chi connectivity index (χ1v) is 10.2. The van der Waals surface area contributed by atoms with Gasteiger partial charge in [-0.1, -0.05) is 6.07 Å². The van der Waals surface area contributed by atoms with Gasteiger partial charge in [0.15, 0.2) is 0 Å². The zero-order valence-corrected chi connectivity index (χ0v) is 17.6. The molecule has 3 heterocycles. The van der Waals surface area contributed by atoms with Gasteiger partial charge in [0, 0.05) is 35.3 Å². The first-order chi connectivity index (χ1) is 15.9. The molecule has 2 aliphatic rings. The number of hydrazine groups is 1. The molecule has 0 saturated carbocycles.